The highest BCUT2D eigenvalue weighted by molar-refractivity contribution is 5.89. The van der Waals surface area contributed by atoms with Crippen LogP contribution in [0.3, 0.4) is 0 Å². The van der Waals surface area contributed by atoms with E-state index in [0.29, 0.717) is 11.3 Å². The van der Waals surface area contributed by atoms with Crippen LogP contribution in [0.4, 0.5) is 5.69 Å². The van der Waals surface area contributed by atoms with Gasteiger partial charge in [-0.15, -0.1) is 0 Å². The first-order valence-corrected chi connectivity index (χ1v) is 8.35. The van der Waals surface area contributed by atoms with Crippen LogP contribution < -0.4 is 5.32 Å². The highest BCUT2D eigenvalue weighted by Gasteiger charge is 2.28. The zero-order chi connectivity index (χ0) is 17.7. The van der Waals surface area contributed by atoms with Crippen molar-refractivity contribution in [3.8, 4) is 0 Å². The van der Waals surface area contributed by atoms with Crippen LogP contribution in [0.25, 0.3) is 0 Å². The molecule has 0 aliphatic heterocycles. The van der Waals surface area contributed by atoms with Crippen molar-refractivity contribution < 1.29 is 4.79 Å². The lowest BCUT2D eigenvalue weighted by molar-refractivity contribution is -0.114. The summed E-state index contributed by atoms with van der Waals surface area (Å²) in [6.07, 6.45) is 3.09. The van der Waals surface area contributed by atoms with Gasteiger partial charge in [-0.1, -0.05) is 53.7 Å². The molecule has 128 valence electrons. The van der Waals surface area contributed by atoms with E-state index in [-0.39, 0.29) is 11.3 Å². The maximum Gasteiger partial charge on any atom is 0.221 e. The van der Waals surface area contributed by atoms with E-state index in [0.717, 1.165) is 24.2 Å². The molecule has 1 rings (SSSR count). The number of hydrogen-bond acceptors (Lipinski definition) is 2. The predicted molar refractivity (Wildman–Crippen MR) is 100 cm³/mol. The fourth-order valence-corrected chi connectivity index (χ4v) is 2.52. The second kappa shape index (κ2) is 7.76. The van der Waals surface area contributed by atoms with Crippen molar-refractivity contribution in [3.63, 3.8) is 0 Å². The van der Waals surface area contributed by atoms with Gasteiger partial charge in [-0.25, -0.2) is 0 Å². The van der Waals surface area contributed by atoms with Gasteiger partial charge in [0.1, 0.15) is 0 Å². The van der Waals surface area contributed by atoms with Gasteiger partial charge in [0.2, 0.25) is 5.91 Å². The molecule has 1 N–H and O–H groups in total. The third kappa shape index (κ3) is 7.96. The molecule has 0 spiro atoms. The Labute approximate surface area is 141 Å². The normalized spacial score (nSPS) is 14.0. The Bertz CT molecular complexity index is 530. The number of nitrogens with zero attached hydrogens (tertiary/aromatic N) is 1. The van der Waals surface area contributed by atoms with Crippen molar-refractivity contribution >= 4 is 17.8 Å². The molecule has 0 bridgehead atoms. The summed E-state index contributed by atoms with van der Waals surface area (Å²) in [4.78, 5) is 15.7. The zero-order valence-corrected chi connectivity index (χ0v) is 15.7. The minimum atomic E-state index is -0.0541. The first-order valence-electron chi connectivity index (χ1n) is 8.35. The Morgan fingerprint density at radius 2 is 1.70 bits per heavy atom. The summed E-state index contributed by atoms with van der Waals surface area (Å²) in [6.45, 7) is 16.1. The molecule has 0 heterocycles. The van der Waals surface area contributed by atoms with Crippen LogP contribution >= 0.6 is 0 Å². The van der Waals surface area contributed by atoms with Gasteiger partial charge < -0.3 is 5.32 Å². The lowest BCUT2D eigenvalue weighted by atomic mass is 9.72. The fraction of sp³-hybridized carbons (Fsp3) is 0.600. The van der Waals surface area contributed by atoms with E-state index in [2.05, 4.69) is 51.9 Å². The van der Waals surface area contributed by atoms with E-state index in [1.807, 2.05) is 30.5 Å². The summed E-state index contributed by atoms with van der Waals surface area (Å²) in [5.74, 6) is 0.499. The molecule has 1 aromatic rings. The van der Waals surface area contributed by atoms with Crippen LogP contribution in [0.2, 0.25) is 0 Å². The number of carbonyl (C=O) groups excluding carboxylic acids is 1. The fourth-order valence-electron chi connectivity index (χ4n) is 2.52. The molecule has 0 aromatic heterocycles. The number of carbonyl (C=O) groups is 1. The third-order valence-corrected chi connectivity index (χ3v) is 3.88. The number of aliphatic imine (C=N–C) groups is 1. The van der Waals surface area contributed by atoms with Crippen molar-refractivity contribution in [3.05, 3.63) is 29.8 Å². The summed E-state index contributed by atoms with van der Waals surface area (Å²) in [7, 11) is 0. The minimum Gasteiger partial charge on any atom is -0.326 e. The number of amides is 1. The van der Waals surface area contributed by atoms with Gasteiger partial charge in [-0.2, -0.15) is 0 Å². The molecule has 3 heteroatoms. The van der Waals surface area contributed by atoms with Gasteiger partial charge in [-0.05, 0) is 40.9 Å². The largest absolute Gasteiger partial charge is 0.326 e. The van der Waals surface area contributed by atoms with Crippen LogP contribution in [0, 0.1) is 16.7 Å². The zero-order valence-electron chi connectivity index (χ0n) is 15.7. The molecule has 1 amide bonds. The van der Waals surface area contributed by atoms with Crippen LogP contribution in [0.15, 0.2) is 29.3 Å². The van der Waals surface area contributed by atoms with Crippen molar-refractivity contribution in [2.75, 3.05) is 11.9 Å². The van der Waals surface area contributed by atoms with E-state index in [1.165, 1.54) is 6.92 Å². The maximum atomic E-state index is 11.0. The van der Waals surface area contributed by atoms with Gasteiger partial charge in [0.15, 0.2) is 0 Å². The SMILES string of the molecule is CC(=O)Nc1ccc(C=NCC(CC(C)(C)C)C(C)(C)C)cc1. The highest BCUT2D eigenvalue weighted by atomic mass is 16.1. The molecule has 1 unspecified atom stereocenters. The number of nitrogens with one attached hydrogen (secondary N) is 1. The van der Waals surface area contributed by atoms with E-state index in [4.69, 9.17) is 0 Å². The lowest BCUT2D eigenvalue weighted by Crippen LogP contribution is -2.28. The van der Waals surface area contributed by atoms with E-state index >= 15 is 0 Å². The van der Waals surface area contributed by atoms with Crippen LogP contribution in [0.1, 0.15) is 60.5 Å². The minimum absolute atomic E-state index is 0.0541. The average molecular weight is 316 g/mol. The molecule has 0 radical (unpaired) electrons. The molecular formula is C20H32N2O. The third-order valence-electron chi connectivity index (χ3n) is 3.88. The molecule has 0 saturated carbocycles. The van der Waals surface area contributed by atoms with E-state index < -0.39 is 0 Å². The Hall–Kier alpha value is -1.64. The molecule has 0 aliphatic carbocycles. The van der Waals surface area contributed by atoms with Gasteiger partial charge in [-0.3, -0.25) is 9.79 Å². The van der Waals surface area contributed by atoms with Crippen molar-refractivity contribution in [2.24, 2.45) is 21.7 Å². The molecule has 1 aromatic carbocycles. The van der Waals surface area contributed by atoms with Gasteiger partial charge in [0.25, 0.3) is 0 Å². The maximum absolute atomic E-state index is 11.0. The summed E-state index contributed by atoms with van der Waals surface area (Å²) in [5.41, 5.74) is 2.44. The molecule has 0 aliphatic rings. The smallest absolute Gasteiger partial charge is 0.221 e. The first kappa shape index (κ1) is 19.4. The number of hydrogen-bond donors (Lipinski definition) is 1. The summed E-state index contributed by atoms with van der Waals surface area (Å²) < 4.78 is 0. The van der Waals surface area contributed by atoms with Gasteiger partial charge in [0.05, 0.1) is 0 Å². The second-order valence-electron chi connectivity index (χ2n) is 8.63. The molecule has 0 saturated heterocycles. The van der Waals surface area contributed by atoms with E-state index in [9.17, 15) is 4.79 Å². The standard InChI is InChI=1S/C20H32N2O/c1-15(23)22-18-10-8-16(9-11-18)13-21-14-17(20(5,6)7)12-19(2,3)4/h8-11,13,17H,12,14H2,1-7H3,(H,22,23). The summed E-state index contributed by atoms with van der Waals surface area (Å²) in [6, 6.07) is 7.76. The topological polar surface area (TPSA) is 41.5 Å². The molecule has 0 fully saturated rings. The van der Waals surface area contributed by atoms with Crippen molar-refractivity contribution in [1.82, 2.24) is 0 Å². The number of rotatable bonds is 5. The van der Waals surface area contributed by atoms with Crippen molar-refractivity contribution in [1.29, 1.82) is 0 Å². The van der Waals surface area contributed by atoms with Crippen LogP contribution in [0.5, 0.6) is 0 Å². The molecule has 23 heavy (non-hydrogen) atoms. The highest BCUT2D eigenvalue weighted by Crippen LogP contribution is 2.36. The Balaban J connectivity index is 2.69. The number of benzene rings is 1. The molecule has 1 atom stereocenters. The summed E-state index contributed by atoms with van der Waals surface area (Å²) in [5, 5.41) is 2.77. The van der Waals surface area contributed by atoms with Crippen LogP contribution in [-0.4, -0.2) is 18.7 Å². The quantitative estimate of drug-likeness (QED) is 0.749. The average Bonchev–Trinajstić information content (AvgIpc) is 2.36. The predicted octanol–water partition coefficient (Wildman–Crippen LogP) is 5.16. The first-order chi connectivity index (χ1) is 10.5. The van der Waals surface area contributed by atoms with Crippen molar-refractivity contribution in [2.45, 2.75) is 54.9 Å². The summed E-state index contributed by atoms with van der Waals surface area (Å²) >= 11 is 0. The number of anilines is 1. The molecule has 3 nitrogen and oxygen atoms in total. The lowest BCUT2D eigenvalue weighted by Gasteiger charge is -2.34. The van der Waals surface area contributed by atoms with E-state index in [1.54, 1.807) is 0 Å². The van der Waals surface area contributed by atoms with Gasteiger partial charge in [0, 0.05) is 25.4 Å². The van der Waals surface area contributed by atoms with Crippen LogP contribution in [-0.2, 0) is 4.79 Å². The Morgan fingerprint density at radius 1 is 1.13 bits per heavy atom. The Morgan fingerprint density at radius 3 is 2.13 bits per heavy atom. The monoisotopic (exact) mass is 316 g/mol. The Kier molecular flexibility index (Phi) is 6.55. The molecular weight excluding hydrogens is 284 g/mol. The van der Waals surface area contributed by atoms with Gasteiger partial charge >= 0.3 is 0 Å². The second-order valence-corrected chi connectivity index (χ2v) is 8.63.